The van der Waals surface area contributed by atoms with Crippen LogP contribution in [0.1, 0.15) is 43.9 Å². The van der Waals surface area contributed by atoms with Gasteiger partial charge in [0.1, 0.15) is 22.9 Å². The SMILES string of the molecule is CCOC(=O)CC1OC(c2cccc(OC)c2OC)c2cc(Cl)cc(OCCCOC(C)=O)c2NC1=S. The lowest BCUT2D eigenvalue weighted by atomic mass is 9.98. The molecule has 0 saturated carbocycles. The molecule has 2 aromatic rings. The number of fused-ring (bicyclic) bond motifs is 1. The smallest absolute Gasteiger partial charge is 0.308 e. The van der Waals surface area contributed by atoms with E-state index in [-0.39, 0.29) is 37.2 Å². The molecule has 0 amide bonds. The summed E-state index contributed by atoms with van der Waals surface area (Å²) in [6.45, 7) is 3.80. The Morgan fingerprint density at radius 2 is 1.86 bits per heavy atom. The summed E-state index contributed by atoms with van der Waals surface area (Å²) in [4.78, 5) is 23.7. The number of methoxy groups -OCH3 is 2. The minimum atomic E-state index is -0.807. The molecule has 2 atom stereocenters. The highest BCUT2D eigenvalue weighted by molar-refractivity contribution is 7.80. The van der Waals surface area contributed by atoms with Crippen LogP contribution >= 0.6 is 23.8 Å². The maximum absolute atomic E-state index is 12.4. The molecule has 0 saturated heterocycles. The van der Waals surface area contributed by atoms with E-state index in [4.69, 9.17) is 52.2 Å². The zero-order valence-corrected chi connectivity index (χ0v) is 22.7. The number of esters is 2. The van der Waals surface area contributed by atoms with Crippen LogP contribution < -0.4 is 19.5 Å². The Balaban J connectivity index is 2.06. The Morgan fingerprint density at radius 3 is 2.54 bits per heavy atom. The molecule has 0 bridgehead atoms. The van der Waals surface area contributed by atoms with Gasteiger partial charge in [0, 0.05) is 35.6 Å². The number of ether oxygens (including phenoxy) is 6. The number of thiocarbonyl (C=S) groups is 1. The third kappa shape index (κ3) is 7.24. The first-order valence-electron chi connectivity index (χ1n) is 11.7. The van der Waals surface area contributed by atoms with Gasteiger partial charge in [-0.2, -0.15) is 0 Å². The van der Waals surface area contributed by atoms with Gasteiger partial charge in [-0.25, -0.2) is 0 Å². The molecule has 0 fully saturated rings. The second-order valence-corrected chi connectivity index (χ2v) is 8.87. The van der Waals surface area contributed by atoms with Crippen LogP contribution in [0.2, 0.25) is 5.02 Å². The molecule has 37 heavy (non-hydrogen) atoms. The average Bonchev–Trinajstić information content (AvgIpc) is 2.99. The molecule has 11 heteroatoms. The number of nitrogens with one attached hydrogen (secondary N) is 1. The Labute approximate surface area is 226 Å². The van der Waals surface area contributed by atoms with Crippen LogP contribution in [0, 0.1) is 0 Å². The summed E-state index contributed by atoms with van der Waals surface area (Å²) in [6.07, 6.45) is -1.18. The maximum Gasteiger partial charge on any atom is 0.308 e. The van der Waals surface area contributed by atoms with Gasteiger partial charge in [-0.15, -0.1) is 0 Å². The number of rotatable bonds is 11. The molecule has 3 rings (SSSR count). The molecule has 200 valence electrons. The van der Waals surface area contributed by atoms with Crippen molar-refractivity contribution < 1.29 is 38.0 Å². The van der Waals surface area contributed by atoms with E-state index < -0.39 is 18.2 Å². The lowest BCUT2D eigenvalue weighted by Crippen LogP contribution is -2.31. The van der Waals surface area contributed by atoms with Crippen molar-refractivity contribution in [2.45, 2.75) is 38.9 Å². The highest BCUT2D eigenvalue weighted by Crippen LogP contribution is 2.46. The molecule has 1 heterocycles. The summed E-state index contributed by atoms with van der Waals surface area (Å²) in [6, 6.07) is 8.83. The van der Waals surface area contributed by atoms with Crippen molar-refractivity contribution in [2.75, 3.05) is 39.4 Å². The van der Waals surface area contributed by atoms with Crippen LogP contribution in [-0.4, -0.2) is 57.1 Å². The maximum atomic E-state index is 12.4. The largest absolute Gasteiger partial charge is 0.493 e. The number of benzene rings is 2. The van der Waals surface area contributed by atoms with E-state index in [2.05, 4.69) is 5.32 Å². The molecule has 2 aromatic carbocycles. The lowest BCUT2D eigenvalue weighted by molar-refractivity contribution is -0.145. The summed E-state index contributed by atoms with van der Waals surface area (Å²) >= 11 is 12.1. The van der Waals surface area contributed by atoms with Crippen molar-refractivity contribution in [3.8, 4) is 17.2 Å². The fourth-order valence-corrected chi connectivity index (χ4v) is 4.35. The van der Waals surface area contributed by atoms with Crippen LogP contribution in [0.5, 0.6) is 17.2 Å². The molecule has 1 aliphatic heterocycles. The molecular weight excluding hydrogens is 522 g/mol. The van der Waals surface area contributed by atoms with Gasteiger partial charge in [-0.1, -0.05) is 36.0 Å². The number of anilines is 1. The molecule has 1 N–H and O–H groups in total. The van der Waals surface area contributed by atoms with Gasteiger partial charge >= 0.3 is 11.9 Å². The normalized spacial score (nSPS) is 16.6. The molecule has 2 unspecified atom stereocenters. The van der Waals surface area contributed by atoms with E-state index >= 15 is 0 Å². The fourth-order valence-electron chi connectivity index (χ4n) is 3.89. The van der Waals surface area contributed by atoms with E-state index in [0.717, 1.165) is 0 Å². The van der Waals surface area contributed by atoms with Gasteiger partial charge in [-0.05, 0) is 19.1 Å². The monoisotopic (exact) mass is 551 g/mol. The van der Waals surface area contributed by atoms with Crippen molar-refractivity contribution in [3.63, 3.8) is 0 Å². The average molecular weight is 552 g/mol. The second kappa shape index (κ2) is 13.5. The first-order valence-corrected chi connectivity index (χ1v) is 12.5. The Kier molecular flexibility index (Phi) is 10.4. The van der Waals surface area contributed by atoms with Gasteiger partial charge in [-0.3, -0.25) is 9.59 Å². The van der Waals surface area contributed by atoms with Gasteiger partial charge < -0.3 is 33.7 Å². The summed E-state index contributed by atoms with van der Waals surface area (Å²) in [5.74, 6) is 0.602. The topological polar surface area (TPSA) is 102 Å². The standard InChI is InChI=1S/C26H30ClNO8S/c1-5-33-22(30)14-21-26(37)28-23-18(12-16(27)13-20(23)35-11-7-10-34-15(2)29)24(36-21)17-8-6-9-19(31-3)25(17)32-4/h6,8-9,12-13,21,24H,5,7,10-11,14H2,1-4H3,(H,28,37). The number of carbonyl (C=O) groups excluding carboxylic acids is 2. The summed E-state index contributed by atoms with van der Waals surface area (Å²) in [7, 11) is 3.08. The van der Waals surface area contributed by atoms with Gasteiger partial charge in [0.25, 0.3) is 0 Å². The Hall–Kier alpha value is -3.08. The van der Waals surface area contributed by atoms with E-state index in [1.165, 1.54) is 14.0 Å². The fraction of sp³-hybridized carbons (Fsp3) is 0.423. The minimum absolute atomic E-state index is 0.0945. The van der Waals surface area contributed by atoms with E-state index in [0.29, 0.717) is 45.5 Å². The number of carbonyl (C=O) groups is 2. The molecule has 0 aliphatic carbocycles. The van der Waals surface area contributed by atoms with Crippen molar-refractivity contribution in [3.05, 3.63) is 46.5 Å². The number of para-hydroxylation sites is 1. The van der Waals surface area contributed by atoms with E-state index in [1.54, 1.807) is 32.2 Å². The molecule has 1 aliphatic rings. The minimum Gasteiger partial charge on any atom is -0.493 e. The summed E-state index contributed by atoms with van der Waals surface area (Å²) in [5, 5.41) is 3.60. The van der Waals surface area contributed by atoms with Crippen LogP contribution in [0.4, 0.5) is 5.69 Å². The predicted octanol–water partition coefficient (Wildman–Crippen LogP) is 4.87. The number of hydrogen-bond donors (Lipinski definition) is 1. The summed E-state index contributed by atoms with van der Waals surface area (Å²) in [5.41, 5.74) is 1.82. The van der Waals surface area contributed by atoms with Gasteiger partial charge in [0.05, 0.1) is 46.1 Å². The van der Waals surface area contributed by atoms with E-state index in [9.17, 15) is 9.59 Å². The molecule has 9 nitrogen and oxygen atoms in total. The first kappa shape index (κ1) is 28.5. The number of hydrogen-bond acceptors (Lipinski definition) is 9. The van der Waals surface area contributed by atoms with Crippen molar-refractivity contribution in [2.24, 2.45) is 0 Å². The zero-order chi connectivity index (χ0) is 26.9. The molecule has 0 spiro atoms. The third-order valence-corrected chi connectivity index (χ3v) is 6.03. The van der Waals surface area contributed by atoms with Crippen molar-refractivity contribution in [1.82, 2.24) is 0 Å². The molecule has 0 aromatic heterocycles. The van der Waals surface area contributed by atoms with Crippen LogP contribution in [-0.2, 0) is 23.8 Å². The van der Waals surface area contributed by atoms with Crippen molar-refractivity contribution >= 4 is 46.4 Å². The van der Waals surface area contributed by atoms with Crippen LogP contribution in [0.25, 0.3) is 0 Å². The highest BCUT2D eigenvalue weighted by atomic mass is 35.5. The Bertz CT molecular complexity index is 1140. The van der Waals surface area contributed by atoms with Crippen LogP contribution in [0.3, 0.4) is 0 Å². The molecule has 0 radical (unpaired) electrons. The lowest BCUT2D eigenvalue weighted by Gasteiger charge is -2.25. The van der Waals surface area contributed by atoms with Gasteiger partial charge in [0.2, 0.25) is 0 Å². The number of halogens is 1. The Morgan fingerprint density at radius 1 is 1.08 bits per heavy atom. The zero-order valence-electron chi connectivity index (χ0n) is 21.1. The predicted molar refractivity (Wildman–Crippen MR) is 142 cm³/mol. The first-order chi connectivity index (χ1) is 17.8. The third-order valence-electron chi connectivity index (χ3n) is 5.45. The van der Waals surface area contributed by atoms with Crippen molar-refractivity contribution in [1.29, 1.82) is 0 Å². The second-order valence-electron chi connectivity index (χ2n) is 8.00. The van der Waals surface area contributed by atoms with E-state index in [1.807, 2.05) is 12.1 Å². The summed E-state index contributed by atoms with van der Waals surface area (Å²) < 4.78 is 33.7. The highest BCUT2D eigenvalue weighted by Gasteiger charge is 2.35. The van der Waals surface area contributed by atoms with Gasteiger partial charge in [0.15, 0.2) is 11.5 Å². The quantitative estimate of drug-likeness (QED) is 0.236. The van der Waals surface area contributed by atoms with Crippen LogP contribution in [0.15, 0.2) is 30.3 Å². The molecular formula is C26H30ClNO8S.